The lowest BCUT2D eigenvalue weighted by Crippen LogP contribution is -2.42. The number of morpholine rings is 1. The van der Waals surface area contributed by atoms with Gasteiger partial charge in [0.05, 0.1) is 42.1 Å². The summed E-state index contributed by atoms with van der Waals surface area (Å²) >= 11 is 1.34. The standard InChI is InChI=1S/C17H23N5O3S/c1-17(2)7-9-10(8-25-17)14(22-3-5-24-6-4-22)20-16-11(9)12(18)13(26-16)15(23)21-19/h3-8,18-19H2,1-2H3,(H,21,23)/p+1. The van der Waals surface area contributed by atoms with E-state index in [9.17, 15) is 4.79 Å². The highest BCUT2D eigenvalue weighted by Gasteiger charge is 2.36. The Hall–Kier alpha value is -1.94. The van der Waals surface area contributed by atoms with Crippen molar-refractivity contribution in [1.82, 2.24) is 5.43 Å². The smallest absolute Gasteiger partial charge is 0.281 e. The lowest BCUT2D eigenvalue weighted by atomic mass is 9.89. The summed E-state index contributed by atoms with van der Waals surface area (Å²) in [5.74, 6) is 5.99. The molecule has 6 N–H and O–H groups in total. The third-order valence-electron chi connectivity index (χ3n) is 5.00. The van der Waals surface area contributed by atoms with Gasteiger partial charge in [-0.2, -0.15) is 0 Å². The first-order valence-corrected chi connectivity index (χ1v) is 9.49. The molecule has 1 saturated heterocycles. The van der Waals surface area contributed by atoms with E-state index in [1.807, 2.05) is 0 Å². The Morgan fingerprint density at radius 1 is 1.31 bits per heavy atom. The summed E-state index contributed by atoms with van der Waals surface area (Å²) in [4.78, 5) is 19.2. The number of rotatable bonds is 2. The van der Waals surface area contributed by atoms with Crippen molar-refractivity contribution in [3.05, 3.63) is 16.0 Å². The molecule has 0 atom stereocenters. The van der Waals surface area contributed by atoms with Crippen molar-refractivity contribution >= 4 is 39.0 Å². The van der Waals surface area contributed by atoms with Gasteiger partial charge in [0.25, 0.3) is 11.7 Å². The number of hydrogen-bond acceptors (Lipinski definition) is 7. The molecule has 0 bridgehead atoms. The highest BCUT2D eigenvalue weighted by atomic mass is 32.1. The fraction of sp³-hybridized carbons (Fsp3) is 0.529. The van der Waals surface area contributed by atoms with Gasteiger partial charge < -0.3 is 15.2 Å². The molecule has 0 saturated carbocycles. The number of carbonyl (C=O) groups excluding carboxylic acids is 1. The number of nitrogens with zero attached hydrogens (tertiary/aromatic N) is 1. The largest absolute Gasteiger partial charge is 0.397 e. The van der Waals surface area contributed by atoms with Gasteiger partial charge in [-0.25, -0.2) is 10.8 Å². The summed E-state index contributed by atoms with van der Waals surface area (Å²) in [5.41, 5.74) is 11.0. The Balaban J connectivity index is 1.95. The van der Waals surface area contributed by atoms with Crippen molar-refractivity contribution in [2.45, 2.75) is 32.5 Å². The van der Waals surface area contributed by atoms with Gasteiger partial charge in [-0.3, -0.25) is 15.1 Å². The SMILES string of the molecule is CC1(C)Cc2c(c(N3CCOCC3)[nH+]c3sc(C(=O)NN)c(N)c23)CO1. The minimum atomic E-state index is -0.370. The van der Waals surface area contributed by atoms with Crippen LogP contribution in [0.1, 0.15) is 34.6 Å². The number of aromatic amines is 1. The number of carbonyl (C=O) groups is 1. The van der Waals surface area contributed by atoms with E-state index in [0.29, 0.717) is 30.4 Å². The molecule has 2 aromatic heterocycles. The van der Waals surface area contributed by atoms with Crippen LogP contribution in [0, 0.1) is 0 Å². The second kappa shape index (κ2) is 6.34. The topological polar surface area (TPSA) is 117 Å². The van der Waals surface area contributed by atoms with Crippen LogP contribution in [-0.4, -0.2) is 37.8 Å². The minimum Gasteiger partial charge on any atom is -0.397 e. The van der Waals surface area contributed by atoms with E-state index < -0.39 is 0 Å². The van der Waals surface area contributed by atoms with E-state index in [0.717, 1.165) is 46.7 Å². The Kier molecular flexibility index (Phi) is 4.26. The maximum atomic E-state index is 12.1. The van der Waals surface area contributed by atoms with E-state index in [1.54, 1.807) is 0 Å². The van der Waals surface area contributed by atoms with Crippen molar-refractivity contribution in [2.75, 3.05) is 36.9 Å². The molecule has 1 amide bonds. The summed E-state index contributed by atoms with van der Waals surface area (Å²) < 4.78 is 11.6. The van der Waals surface area contributed by atoms with Crippen molar-refractivity contribution in [3.63, 3.8) is 0 Å². The number of fused-ring (bicyclic) bond motifs is 3. The molecule has 4 heterocycles. The molecule has 0 aromatic carbocycles. The number of hydrazine groups is 1. The van der Waals surface area contributed by atoms with Crippen molar-refractivity contribution in [2.24, 2.45) is 5.84 Å². The van der Waals surface area contributed by atoms with Crippen LogP contribution in [0.5, 0.6) is 0 Å². The van der Waals surface area contributed by atoms with Gasteiger partial charge in [0, 0.05) is 6.42 Å². The van der Waals surface area contributed by atoms with Crippen LogP contribution in [0.3, 0.4) is 0 Å². The number of hydrogen-bond donors (Lipinski definition) is 3. The van der Waals surface area contributed by atoms with Crippen LogP contribution in [0.25, 0.3) is 10.2 Å². The van der Waals surface area contributed by atoms with Gasteiger partial charge in [-0.1, -0.05) is 11.3 Å². The zero-order valence-electron chi connectivity index (χ0n) is 15.0. The van der Waals surface area contributed by atoms with Gasteiger partial charge >= 0.3 is 0 Å². The lowest BCUT2D eigenvalue weighted by Gasteiger charge is -2.33. The summed E-state index contributed by atoms with van der Waals surface area (Å²) in [6.45, 7) is 7.67. The zero-order valence-corrected chi connectivity index (χ0v) is 15.8. The monoisotopic (exact) mass is 378 g/mol. The van der Waals surface area contributed by atoms with Gasteiger partial charge in [-0.15, -0.1) is 0 Å². The van der Waals surface area contributed by atoms with E-state index in [-0.39, 0.29) is 11.5 Å². The Bertz CT molecular complexity index is 873. The number of aromatic nitrogens is 1. The van der Waals surface area contributed by atoms with Crippen LogP contribution in [-0.2, 0) is 22.5 Å². The summed E-state index contributed by atoms with van der Waals surface area (Å²) in [5, 5.41) is 0.914. The number of nitrogens with one attached hydrogen (secondary N) is 2. The fourth-order valence-electron chi connectivity index (χ4n) is 3.69. The number of nitrogens with two attached hydrogens (primary N) is 2. The second-order valence-electron chi connectivity index (χ2n) is 7.28. The number of H-pyrrole nitrogens is 1. The average Bonchev–Trinajstić information content (AvgIpc) is 2.97. The predicted octanol–water partition coefficient (Wildman–Crippen LogP) is 0.589. The Morgan fingerprint density at radius 2 is 2.04 bits per heavy atom. The van der Waals surface area contributed by atoms with Crippen LogP contribution < -0.4 is 26.9 Å². The molecule has 1 fully saturated rings. The van der Waals surface area contributed by atoms with Crippen LogP contribution in [0.4, 0.5) is 11.5 Å². The van der Waals surface area contributed by atoms with E-state index in [4.69, 9.17) is 21.1 Å². The number of ether oxygens (including phenoxy) is 2. The van der Waals surface area contributed by atoms with Crippen molar-refractivity contribution in [1.29, 1.82) is 0 Å². The van der Waals surface area contributed by atoms with Gasteiger partial charge in [0.15, 0.2) is 4.83 Å². The van der Waals surface area contributed by atoms with E-state index in [2.05, 4.69) is 29.2 Å². The molecule has 2 aliphatic heterocycles. The number of anilines is 2. The fourth-order valence-corrected chi connectivity index (χ4v) is 4.74. The lowest BCUT2D eigenvalue weighted by molar-refractivity contribution is -0.329. The zero-order chi connectivity index (χ0) is 18.5. The van der Waals surface area contributed by atoms with Crippen LogP contribution >= 0.6 is 11.3 Å². The summed E-state index contributed by atoms with van der Waals surface area (Å²) in [7, 11) is 0. The normalized spacial score (nSPS) is 19.4. The van der Waals surface area contributed by atoms with Gasteiger partial charge in [0.1, 0.15) is 18.0 Å². The summed E-state index contributed by atoms with van der Waals surface area (Å²) in [6.07, 6.45) is 0.732. The minimum absolute atomic E-state index is 0.284. The second-order valence-corrected chi connectivity index (χ2v) is 8.30. The molecule has 2 aliphatic rings. The molecule has 0 unspecified atom stereocenters. The molecule has 9 heteroatoms. The first-order chi connectivity index (χ1) is 12.4. The third kappa shape index (κ3) is 2.81. The molecular weight excluding hydrogens is 354 g/mol. The Morgan fingerprint density at radius 3 is 2.73 bits per heavy atom. The van der Waals surface area contributed by atoms with Crippen molar-refractivity contribution < 1.29 is 19.3 Å². The molecule has 140 valence electrons. The maximum absolute atomic E-state index is 12.1. The maximum Gasteiger partial charge on any atom is 0.281 e. The highest BCUT2D eigenvalue weighted by molar-refractivity contribution is 7.20. The molecule has 8 nitrogen and oxygen atoms in total. The first-order valence-electron chi connectivity index (χ1n) is 8.68. The van der Waals surface area contributed by atoms with Crippen LogP contribution in [0.2, 0.25) is 0 Å². The molecule has 0 spiro atoms. The first kappa shape index (κ1) is 17.5. The third-order valence-corrected chi connectivity index (χ3v) is 6.12. The van der Waals surface area contributed by atoms with Gasteiger partial charge in [-0.05, 0) is 19.4 Å². The Labute approximate surface area is 155 Å². The van der Waals surface area contributed by atoms with Crippen LogP contribution in [0.15, 0.2) is 0 Å². The molecule has 2 aromatic rings. The number of amides is 1. The highest BCUT2D eigenvalue weighted by Crippen LogP contribution is 2.41. The summed E-state index contributed by atoms with van der Waals surface area (Å²) in [6, 6.07) is 0. The predicted molar refractivity (Wildman–Crippen MR) is 100 cm³/mol. The molecule has 4 rings (SSSR count). The quantitative estimate of drug-likeness (QED) is 0.400. The van der Waals surface area contributed by atoms with Crippen molar-refractivity contribution in [3.8, 4) is 0 Å². The number of thiophene rings is 1. The van der Waals surface area contributed by atoms with E-state index >= 15 is 0 Å². The average molecular weight is 378 g/mol. The van der Waals surface area contributed by atoms with E-state index in [1.165, 1.54) is 11.3 Å². The number of nitrogen functional groups attached to an aromatic ring is 2. The van der Waals surface area contributed by atoms with Gasteiger partial charge in [0.2, 0.25) is 0 Å². The molecular formula is C17H24N5O3S+. The molecule has 0 radical (unpaired) electrons. The number of pyridine rings is 1. The molecule has 26 heavy (non-hydrogen) atoms. The molecule has 0 aliphatic carbocycles.